The van der Waals surface area contributed by atoms with Gasteiger partial charge in [-0.1, -0.05) is 29.8 Å². The zero-order chi connectivity index (χ0) is 12.3. The van der Waals surface area contributed by atoms with E-state index < -0.39 is 0 Å². The Bertz CT molecular complexity index is 564. The van der Waals surface area contributed by atoms with Crippen molar-refractivity contribution in [3.8, 4) is 5.75 Å². The highest BCUT2D eigenvalue weighted by Gasteiger charge is 1.98. The topological polar surface area (TPSA) is 33.1 Å². The highest BCUT2D eigenvalue weighted by Crippen LogP contribution is 2.18. The van der Waals surface area contributed by atoms with Gasteiger partial charge in [0.05, 0.1) is 0 Å². The van der Waals surface area contributed by atoms with Crippen LogP contribution in [0.1, 0.15) is 17.0 Å². The molecule has 0 fully saturated rings. The van der Waals surface area contributed by atoms with Gasteiger partial charge in [-0.25, -0.2) is 4.98 Å². The lowest BCUT2D eigenvalue weighted by atomic mass is 10.2. The maximum atomic E-state index is 9.63. The summed E-state index contributed by atoms with van der Waals surface area (Å²) in [5, 5.41) is 10.3. The van der Waals surface area contributed by atoms with Gasteiger partial charge in [-0.15, -0.1) is 0 Å². The summed E-state index contributed by atoms with van der Waals surface area (Å²) in [6.07, 6.45) is 3.64. The van der Waals surface area contributed by atoms with Gasteiger partial charge in [-0.05, 0) is 42.8 Å². The van der Waals surface area contributed by atoms with Gasteiger partial charge in [0.25, 0.3) is 0 Å². The molecule has 0 bridgehead atoms. The van der Waals surface area contributed by atoms with E-state index in [1.54, 1.807) is 18.2 Å². The Morgan fingerprint density at radius 1 is 1.18 bits per heavy atom. The third kappa shape index (κ3) is 3.08. The summed E-state index contributed by atoms with van der Waals surface area (Å²) in [5.74, 6) is 0.175. The first kappa shape index (κ1) is 11.7. The second kappa shape index (κ2) is 5.02. The van der Waals surface area contributed by atoms with E-state index >= 15 is 0 Å². The Hall–Kier alpha value is -1.80. The fourth-order valence-electron chi connectivity index (χ4n) is 1.48. The fraction of sp³-hybridized carbons (Fsp3) is 0.0714. The van der Waals surface area contributed by atoms with Crippen LogP contribution in [0, 0.1) is 6.92 Å². The molecule has 0 aliphatic carbocycles. The standard InChI is InChI=1S/C14H12ClNO/c1-10-5-8-14(17)13(16-10)7-6-11-3-2-4-12(15)9-11/h2-9,17H,1H3. The largest absolute Gasteiger partial charge is 0.506 e. The summed E-state index contributed by atoms with van der Waals surface area (Å²) >= 11 is 5.88. The van der Waals surface area contributed by atoms with E-state index in [9.17, 15) is 5.11 Å². The van der Waals surface area contributed by atoms with Crippen molar-refractivity contribution in [1.82, 2.24) is 4.98 Å². The molecule has 0 spiro atoms. The Morgan fingerprint density at radius 3 is 2.76 bits per heavy atom. The lowest BCUT2D eigenvalue weighted by Crippen LogP contribution is -1.85. The highest BCUT2D eigenvalue weighted by molar-refractivity contribution is 6.30. The zero-order valence-corrected chi connectivity index (χ0v) is 10.1. The lowest BCUT2D eigenvalue weighted by Gasteiger charge is -1.99. The normalized spacial score (nSPS) is 10.9. The smallest absolute Gasteiger partial charge is 0.141 e. The molecule has 2 aromatic rings. The number of aromatic nitrogens is 1. The second-order valence-corrected chi connectivity index (χ2v) is 4.18. The fourth-order valence-corrected chi connectivity index (χ4v) is 1.68. The molecule has 1 N–H and O–H groups in total. The van der Waals surface area contributed by atoms with Crippen LogP contribution < -0.4 is 0 Å². The number of halogens is 1. The lowest BCUT2D eigenvalue weighted by molar-refractivity contribution is 0.471. The first-order chi connectivity index (χ1) is 8.15. The van der Waals surface area contributed by atoms with Gasteiger partial charge in [-0.3, -0.25) is 0 Å². The predicted molar refractivity (Wildman–Crippen MR) is 71.0 cm³/mol. The van der Waals surface area contributed by atoms with Gasteiger partial charge >= 0.3 is 0 Å². The minimum absolute atomic E-state index is 0.175. The third-order valence-electron chi connectivity index (χ3n) is 2.32. The van der Waals surface area contributed by atoms with Crippen molar-refractivity contribution in [3.63, 3.8) is 0 Å². The SMILES string of the molecule is Cc1ccc(O)c(C=Cc2cccc(Cl)c2)n1. The molecule has 1 aromatic heterocycles. The molecule has 1 aromatic carbocycles. The van der Waals surface area contributed by atoms with Gasteiger partial charge in [0.2, 0.25) is 0 Å². The molecule has 0 amide bonds. The summed E-state index contributed by atoms with van der Waals surface area (Å²) in [5.41, 5.74) is 2.40. The van der Waals surface area contributed by atoms with E-state index in [2.05, 4.69) is 4.98 Å². The molecule has 0 aliphatic rings. The van der Waals surface area contributed by atoms with Crippen LogP contribution >= 0.6 is 11.6 Å². The Labute approximate surface area is 105 Å². The summed E-state index contributed by atoms with van der Waals surface area (Å²) in [6, 6.07) is 10.9. The molecule has 2 rings (SSSR count). The van der Waals surface area contributed by atoms with E-state index in [1.165, 1.54) is 0 Å². The molecule has 0 saturated heterocycles. The van der Waals surface area contributed by atoms with Crippen LogP contribution in [0.2, 0.25) is 5.02 Å². The second-order valence-electron chi connectivity index (χ2n) is 3.75. The number of hydrogen-bond acceptors (Lipinski definition) is 2. The number of nitrogens with zero attached hydrogens (tertiary/aromatic N) is 1. The van der Waals surface area contributed by atoms with Gasteiger partial charge in [0.15, 0.2) is 0 Å². The Morgan fingerprint density at radius 2 is 2.00 bits per heavy atom. The molecule has 0 radical (unpaired) electrons. The molecular formula is C14H12ClNO. The third-order valence-corrected chi connectivity index (χ3v) is 2.56. The average Bonchev–Trinajstić information content (AvgIpc) is 2.30. The van der Waals surface area contributed by atoms with Crippen molar-refractivity contribution in [1.29, 1.82) is 0 Å². The quantitative estimate of drug-likeness (QED) is 0.870. The molecular weight excluding hydrogens is 234 g/mol. The summed E-state index contributed by atoms with van der Waals surface area (Å²) in [6.45, 7) is 1.89. The first-order valence-corrected chi connectivity index (χ1v) is 5.63. The van der Waals surface area contributed by atoms with E-state index in [0.29, 0.717) is 10.7 Å². The van der Waals surface area contributed by atoms with Crippen LogP contribution in [-0.4, -0.2) is 10.1 Å². The molecule has 3 heteroatoms. The zero-order valence-electron chi connectivity index (χ0n) is 9.39. The van der Waals surface area contributed by atoms with Gasteiger partial charge in [-0.2, -0.15) is 0 Å². The molecule has 0 saturated carbocycles. The number of aromatic hydroxyl groups is 1. The molecule has 2 nitrogen and oxygen atoms in total. The Kier molecular flexibility index (Phi) is 3.45. The van der Waals surface area contributed by atoms with Gasteiger partial charge in [0.1, 0.15) is 11.4 Å². The number of benzene rings is 1. The van der Waals surface area contributed by atoms with Gasteiger partial charge in [0, 0.05) is 10.7 Å². The average molecular weight is 246 g/mol. The molecule has 86 valence electrons. The van der Waals surface area contributed by atoms with Crippen molar-refractivity contribution >= 4 is 23.8 Å². The molecule has 1 heterocycles. The van der Waals surface area contributed by atoms with Crippen molar-refractivity contribution in [3.05, 3.63) is 58.4 Å². The monoisotopic (exact) mass is 245 g/mol. The van der Waals surface area contributed by atoms with E-state index in [-0.39, 0.29) is 5.75 Å². The first-order valence-electron chi connectivity index (χ1n) is 5.25. The van der Waals surface area contributed by atoms with Gasteiger partial charge < -0.3 is 5.11 Å². The van der Waals surface area contributed by atoms with Crippen LogP contribution in [0.25, 0.3) is 12.2 Å². The summed E-state index contributed by atoms with van der Waals surface area (Å²) in [7, 11) is 0. The summed E-state index contributed by atoms with van der Waals surface area (Å²) in [4.78, 5) is 4.24. The summed E-state index contributed by atoms with van der Waals surface area (Å²) < 4.78 is 0. The van der Waals surface area contributed by atoms with Crippen molar-refractivity contribution in [2.45, 2.75) is 6.92 Å². The van der Waals surface area contributed by atoms with E-state index in [1.807, 2.05) is 37.3 Å². The number of pyridine rings is 1. The van der Waals surface area contributed by atoms with Crippen LogP contribution in [0.15, 0.2) is 36.4 Å². The minimum atomic E-state index is 0.175. The van der Waals surface area contributed by atoms with Crippen LogP contribution in [-0.2, 0) is 0 Å². The van der Waals surface area contributed by atoms with Crippen LogP contribution in [0.5, 0.6) is 5.75 Å². The van der Waals surface area contributed by atoms with Crippen molar-refractivity contribution < 1.29 is 5.11 Å². The maximum Gasteiger partial charge on any atom is 0.141 e. The predicted octanol–water partition coefficient (Wildman–Crippen LogP) is 3.92. The van der Waals surface area contributed by atoms with Crippen molar-refractivity contribution in [2.75, 3.05) is 0 Å². The molecule has 0 unspecified atom stereocenters. The number of aryl methyl sites for hydroxylation is 1. The molecule has 17 heavy (non-hydrogen) atoms. The molecule has 0 aliphatic heterocycles. The number of hydrogen-bond donors (Lipinski definition) is 1. The minimum Gasteiger partial charge on any atom is -0.506 e. The molecule has 0 atom stereocenters. The number of rotatable bonds is 2. The Balaban J connectivity index is 2.29. The maximum absolute atomic E-state index is 9.63. The van der Waals surface area contributed by atoms with Crippen LogP contribution in [0.4, 0.5) is 0 Å². The van der Waals surface area contributed by atoms with E-state index in [0.717, 1.165) is 11.3 Å². The van der Waals surface area contributed by atoms with Crippen LogP contribution in [0.3, 0.4) is 0 Å². The van der Waals surface area contributed by atoms with E-state index in [4.69, 9.17) is 11.6 Å². The highest BCUT2D eigenvalue weighted by atomic mass is 35.5. The van der Waals surface area contributed by atoms with Crippen molar-refractivity contribution in [2.24, 2.45) is 0 Å².